The molecule has 0 bridgehead atoms. The SMILES string of the molecule is C=COCCOCCOCCOCCOCCOCCOCCOCCOCCOCCOCCOCCOC(=O)CCCCCCCCC. The molecule has 0 aliphatic rings. The van der Waals surface area contributed by atoms with Crippen LogP contribution in [-0.4, -0.2) is 165 Å². The summed E-state index contributed by atoms with van der Waals surface area (Å²) in [4.78, 5) is 11.7. The fourth-order valence-corrected chi connectivity index (χ4v) is 4.00. The Hall–Kier alpha value is -1.43. The van der Waals surface area contributed by atoms with E-state index in [-0.39, 0.29) is 12.6 Å². The van der Waals surface area contributed by atoms with Crippen molar-refractivity contribution in [2.75, 3.05) is 159 Å². The van der Waals surface area contributed by atoms with Crippen molar-refractivity contribution in [1.29, 1.82) is 0 Å². The van der Waals surface area contributed by atoms with E-state index in [1.165, 1.54) is 38.4 Å². The van der Waals surface area contributed by atoms with Crippen LogP contribution >= 0.6 is 0 Å². The third-order valence-corrected chi connectivity index (χ3v) is 6.66. The molecule has 50 heavy (non-hydrogen) atoms. The first-order chi connectivity index (χ1) is 24.8. The Balaban J connectivity index is 3.09. The molecule has 0 aromatic rings. The number of ether oxygens (including phenoxy) is 13. The second kappa shape index (κ2) is 45.6. The van der Waals surface area contributed by atoms with Gasteiger partial charge in [-0.05, 0) is 6.42 Å². The molecule has 0 N–H and O–H groups in total. The van der Waals surface area contributed by atoms with Gasteiger partial charge in [-0.3, -0.25) is 4.79 Å². The maximum atomic E-state index is 11.7. The molecule has 0 atom stereocenters. The first kappa shape index (κ1) is 48.6. The molecule has 14 heteroatoms. The molecule has 0 aliphatic carbocycles. The quantitative estimate of drug-likeness (QED) is 0.0508. The minimum absolute atomic E-state index is 0.142. The van der Waals surface area contributed by atoms with Crippen LogP contribution in [0.5, 0.6) is 0 Å². The summed E-state index contributed by atoms with van der Waals surface area (Å²) >= 11 is 0. The van der Waals surface area contributed by atoms with Crippen molar-refractivity contribution in [3.8, 4) is 0 Å². The fourth-order valence-electron chi connectivity index (χ4n) is 4.00. The molecular weight excluding hydrogens is 656 g/mol. The minimum Gasteiger partial charge on any atom is -0.499 e. The fraction of sp³-hybridized carbons (Fsp3) is 0.917. The van der Waals surface area contributed by atoms with Gasteiger partial charge in [0.05, 0.1) is 152 Å². The number of hydrogen-bond acceptors (Lipinski definition) is 14. The second-order valence-corrected chi connectivity index (χ2v) is 10.9. The van der Waals surface area contributed by atoms with Crippen LogP contribution in [-0.2, 0) is 66.4 Å². The summed E-state index contributed by atoms with van der Waals surface area (Å²) in [6, 6.07) is 0. The predicted octanol–water partition coefficient (Wildman–Crippen LogP) is 4.01. The topological polar surface area (TPSA) is 137 Å². The van der Waals surface area contributed by atoms with Gasteiger partial charge in [0.1, 0.15) is 13.2 Å². The lowest BCUT2D eigenvalue weighted by Crippen LogP contribution is -2.15. The van der Waals surface area contributed by atoms with E-state index >= 15 is 0 Å². The Labute approximate surface area is 301 Å². The van der Waals surface area contributed by atoms with Crippen molar-refractivity contribution in [3.05, 3.63) is 12.8 Å². The van der Waals surface area contributed by atoms with E-state index in [4.69, 9.17) is 61.6 Å². The first-order valence-electron chi connectivity index (χ1n) is 18.5. The van der Waals surface area contributed by atoms with Gasteiger partial charge in [-0.25, -0.2) is 0 Å². The van der Waals surface area contributed by atoms with E-state index in [1.54, 1.807) is 0 Å². The molecule has 298 valence electrons. The Bertz CT molecular complexity index is 658. The number of carbonyl (C=O) groups is 1. The van der Waals surface area contributed by atoms with Gasteiger partial charge < -0.3 is 61.6 Å². The van der Waals surface area contributed by atoms with Crippen molar-refractivity contribution in [2.24, 2.45) is 0 Å². The normalized spacial score (nSPS) is 11.3. The zero-order chi connectivity index (χ0) is 36.1. The van der Waals surface area contributed by atoms with Gasteiger partial charge in [0.15, 0.2) is 0 Å². The lowest BCUT2D eigenvalue weighted by atomic mass is 10.1. The molecule has 0 aromatic carbocycles. The van der Waals surface area contributed by atoms with Gasteiger partial charge in [0, 0.05) is 6.42 Å². The van der Waals surface area contributed by atoms with E-state index in [2.05, 4.69) is 13.5 Å². The number of rotatable bonds is 45. The third kappa shape index (κ3) is 44.6. The van der Waals surface area contributed by atoms with Gasteiger partial charge in [-0.15, -0.1) is 0 Å². The molecule has 0 rings (SSSR count). The molecular formula is C36H70O14. The van der Waals surface area contributed by atoms with Crippen LogP contribution in [0.2, 0.25) is 0 Å². The van der Waals surface area contributed by atoms with Crippen LogP contribution in [0.15, 0.2) is 12.8 Å². The summed E-state index contributed by atoms with van der Waals surface area (Å²) in [6.45, 7) is 17.3. The minimum atomic E-state index is -0.142. The van der Waals surface area contributed by atoms with E-state index in [0.717, 1.165) is 12.8 Å². The molecule has 0 fully saturated rings. The highest BCUT2D eigenvalue weighted by molar-refractivity contribution is 5.69. The zero-order valence-electron chi connectivity index (χ0n) is 31.1. The highest BCUT2D eigenvalue weighted by atomic mass is 16.6. The van der Waals surface area contributed by atoms with Gasteiger partial charge in [0.2, 0.25) is 0 Å². The molecule has 0 aliphatic heterocycles. The highest BCUT2D eigenvalue weighted by Gasteiger charge is 2.03. The summed E-state index contributed by atoms with van der Waals surface area (Å²) in [6.07, 6.45) is 10.2. The molecule has 0 unspecified atom stereocenters. The summed E-state index contributed by atoms with van der Waals surface area (Å²) in [5.41, 5.74) is 0. The lowest BCUT2D eigenvalue weighted by Gasteiger charge is -2.09. The average molecular weight is 727 g/mol. The number of esters is 1. The van der Waals surface area contributed by atoms with Crippen LogP contribution in [0.25, 0.3) is 0 Å². The van der Waals surface area contributed by atoms with Gasteiger partial charge in [-0.2, -0.15) is 0 Å². The Morgan fingerprint density at radius 3 is 0.940 bits per heavy atom. The summed E-state index contributed by atoms with van der Waals surface area (Å²) in [5.74, 6) is -0.142. The molecule has 0 amide bonds. The summed E-state index contributed by atoms with van der Waals surface area (Å²) in [7, 11) is 0. The highest BCUT2D eigenvalue weighted by Crippen LogP contribution is 2.08. The molecule has 0 aromatic heterocycles. The van der Waals surface area contributed by atoms with Crippen molar-refractivity contribution in [1.82, 2.24) is 0 Å². The maximum absolute atomic E-state index is 11.7. The van der Waals surface area contributed by atoms with Crippen molar-refractivity contribution in [2.45, 2.75) is 58.3 Å². The van der Waals surface area contributed by atoms with Crippen LogP contribution in [0, 0.1) is 0 Å². The smallest absolute Gasteiger partial charge is 0.305 e. The average Bonchev–Trinajstić information content (AvgIpc) is 3.12. The number of carbonyl (C=O) groups excluding carboxylic acids is 1. The molecule has 0 saturated heterocycles. The van der Waals surface area contributed by atoms with Crippen molar-refractivity contribution >= 4 is 5.97 Å². The first-order valence-corrected chi connectivity index (χ1v) is 18.5. The van der Waals surface area contributed by atoms with E-state index in [9.17, 15) is 4.79 Å². The Morgan fingerprint density at radius 2 is 0.640 bits per heavy atom. The van der Waals surface area contributed by atoms with Crippen LogP contribution in [0.4, 0.5) is 0 Å². The lowest BCUT2D eigenvalue weighted by molar-refractivity contribution is -0.145. The van der Waals surface area contributed by atoms with E-state index in [0.29, 0.717) is 158 Å². The van der Waals surface area contributed by atoms with Crippen LogP contribution in [0.3, 0.4) is 0 Å². The van der Waals surface area contributed by atoms with Crippen molar-refractivity contribution in [3.63, 3.8) is 0 Å². The van der Waals surface area contributed by atoms with Gasteiger partial charge >= 0.3 is 5.97 Å². The number of unbranched alkanes of at least 4 members (excludes halogenated alkanes) is 6. The Morgan fingerprint density at radius 1 is 0.380 bits per heavy atom. The zero-order valence-corrected chi connectivity index (χ0v) is 31.1. The predicted molar refractivity (Wildman–Crippen MR) is 189 cm³/mol. The largest absolute Gasteiger partial charge is 0.499 e. The summed E-state index contributed by atoms with van der Waals surface area (Å²) in [5, 5.41) is 0. The maximum Gasteiger partial charge on any atom is 0.305 e. The Kier molecular flexibility index (Phi) is 44.3. The van der Waals surface area contributed by atoms with Gasteiger partial charge in [-0.1, -0.05) is 52.0 Å². The summed E-state index contributed by atoms with van der Waals surface area (Å²) < 4.78 is 70.1. The van der Waals surface area contributed by atoms with E-state index in [1.807, 2.05) is 0 Å². The molecule has 0 heterocycles. The molecule has 0 radical (unpaired) electrons. The van der Waals surface area contributed by atoms with Crippen LogP contribution < -0.4 is 0 Å². The monoisotopic (exact) mass is 726 g/mol. The molecule has 14 nitrogen and oxygen atoms in total. The number of hydrogen-bond donors (Lipinski definition) is 0. The van der Waals surface area contributed by atoms with E-state index < -0.39 is 0 Å². The standard InChI is InChI=1S/C36H70O14/c1-3-5-6-7-8-9-10-11-36(37)50-35-34-49-33-32-48-31-30-47-29-28-46-27-26-45-25-24-44-23-22-43-21-20-42-19-18-41-17-16-40-15-14-39-13-12-38-4-2/h4H,2-3,5-35H2,1H3. The third-order valence-electron chi connectivity index (χ3n) is 6.66. The van der Waals surface area contributed by atoms with Crippen LogP contribution in [0.1, 0.15) is 58.3 Å². The molecule has 0 saturated carbocycles. The van der Waals surface area contributed by atoms with Crippen molar-refractivity contribution < 1.29 is 66.4 Å². The molecule has 0 spiro atoms. The van der Waals surface area contributed by atoms with Gasteiger partial charge in [0.25, 0.3) is 0 Å². The second-order valence-electron chi connectivity index (χ2n) is 10.9.